The molecule has 0 spiro atoms. The number of nitrogens with one attached hydrogen (secondary N) is 2. The third-order valence-corrected chi connectivity index (χ3v) is 3.49. The van der Waals surface area contributed by atoms with Gasteiger partial charge in [-0.1, -0.05) is 0 Å². The van der Waals surface area contributed by atoms with Gasteiger partial charge in [0.25, 0.3) is 5.91 Å². The second-order valence-electron chi connectivity index (χ2n) is 5.47. The number of anilines is 1. The Bertz CT molecular complexity index is 862. The van der Waals surface area contributed by atoms with Crippen LogP contribution in [0.4, 0.5) is 5.69 Å². The van der Waals surface area contributed by atoms with Gasteiger partial charge < -0.3 is 19.8 Å². The Kier molecular flexibility index (Phi) is 5.28. The molecule has 0 bridgehead atoms. The maximum Gasteiger partial charge on any atom is 0.287 e. The number of carbonyl (C=O) groups excluding carboxylic acids is 2. The average Bonchev–Trinajstić information content (AvgIpc) is 3.19. The van der Waals surface area contributed by atoms with Crippen molar-refractivity contribution >= 4 is 17.5 Å². The lowest BCUT2D eigenvalue weighted by Gasteiger charge is -2.13. The highest BCUT2D eigenvalue weighted by atomic mass is 16.5. The molecule has 2 amide bonds. The van der Waals surface area contributed by atoms with Gasteiger partial charge >= 0.3 is 0 Å². The van der Waals surface area contributed by atoms with Crippen molar-refractivity contribution in [2.45, 2.75) is 13.0 Å². The van der Waals surface area contributed by atoms with E-state index in [1.165, 1.54) is 12.3 Å². The summed E-state index contributed by atoms with van der Waals surface area (Å²) in [6.45, 7) is 1.59. The first kappa shape index (κ1) is 17.2. The second-order valence-corrected chi connectivity index (χ2v) is 5.47. The summed E-state index contributed by atoms with van der Waals surface area (Å²) < 4.78 is 10.7. The van der Waals surface area contributed by atoms with Crippen LogP contribution in [-0.2, 0) is 4.79 Å². The van der Waals surface area contributed by atoms with Crippen LogP contribution >= 0.6 is 0 Å². The Balaban J connectivity index is 1.54. The summed E-state index contributed by atoms with van der Waals surface area (Å²) in [5, 5.41) is 5.30. The lowest BCUT2D eigenvalue weighted by molar-refractivity contribution is -0.117. The van der Waals surface area contributed by atoms with Crippen LogP contribution in [0.15, 0.2) is 71.6 Å². The summed E-state index contributed by atoms with van der Waals surface area (Å²) in [7, 11) is 0. The molecule has 2 heterocycles. The normalized spacial score (nSPS) is 11.4. The molecule has 3 aromatic rings. The van der Waals surface area contributed by atoms with Crippen LogP contribution in [0.5, 0.6) is 11.5 Å². The van der Waals surface area contributed by atoms with E-state index in [1.54, 1.807) is 61.8 Å². The molecule has 132 valence electrons. The Morgan fingerprint density at radius 3 is 2.38 bits per heavy atom. The first-order valence-electron chi connectivity index (χ1n) is 7.95. The van der Waals surface area contributed by atoms with E-state index >= 15 is 0 Å². The monoisotopic (exact) mass is 351 g/mol. The van der Waals surface area contributed by atoms with Gasteiger partial charge in [-0.25, -0.2) is 0 Å². The molecule has 0 fully saturated rings. The van der Waals surface area contributed by atoms with E-state index in [0.29, 0.717) is 17.2 Å². The third-order valence-electron chi connectivity index (χ3n) is 3.49. The molecule has 0 radical (unpaired) electrons. The van der Waals surface area contributed by atoms with Crippen molar-refractivity contribution in [2.24, 2.45) is 0 Å². The highest BCUT2D eigenvalue weighted by molar-refractivity contribution is 5.99. The van der Waals surface area contributed by atoms with E-state index in [9.17, 15) is 9.59 Å². The number of pyridine rings is 1. The number of ether oxygens (including phenoxy) is 1. The fourth-order valence-electron chi connectivity index (χ4n) is 2.14. The summed E-state index contributed by atoms with van der Waals surface area (Å²) >= 11 is 0. The largest absolute Gasteiger partial charge is 0.459 e. The Labute approximate surface area is 150 Å². The number of aromatic nitrogens is 1. The first-order valence-corrected chi connectivity index (χ1v) is 7.95. The average molecular weight is 351 g/mol. The zero-order valence-electron chi connectivity index (χ0n) is 14.0. The molecule has 2 N–H and O–H groups in total. The van der Waals surface area contributed by atoms with Crippen LogP contribution < -0.4 is 15.4 Å². The minimum atomic E-state index is -0.722. The van der Waals surface area contributed by atoms with Gasteiger partial charge in [0.05, 0.1) is 6.26 Å². The number of hydrogen-bond acceptors (Lipinski definition) is 5. The number of amides is 2. The van der Waals surface area contributed by atoms with Gasteiger partial charge in [-0.15, -0.1) is 0 Å². The standard InChI is InChI=1S/C19H17N3O4/c1-13(21-19(24)17-3-2-12-25-17)18(23)22-14-4-6-15(7-5-14)26-16-8-10-20-11-9-16/h2-13H,1H3,(H,21,24)(H,22,23). The van der Waals surface area contributed by atoms with Crippen molar-refractivity contribution in [1.29, 1.82) is 0 Å². The van der Waals surface area contributed by atoms with Gasteiger partial charge in [-0.3, -0.25) is 14.6 Å². The number of furan rings is 1. The molecule has 0 saturated carbocycles. The van der Waals surface area contributed by atoms with Crippen LogP contribution in [0.25, 0.3) is 0 Å². The predicted molar refractivity (Wildman–Crippen MR) is 95.0 cm³/mol. The Hall–Kier alpha value is -3.61. The fourth-order valence-corrected chi connectivity index (χ4v) is 2.14. The lowest BCUT2D eigenvalue weighted by Crippen LogP contribution is -2.41. The number of carbonyl (C=O) groups is 2. The van der Waals surface area contributed by atoms with E-state index in [1.807, 2.05) is 0 Å². The zero-order valence-corrected chi connectivity index (χ0v) is 14.0. The predicted octanol–water partition coefficient (Wildman–Crippen LogP) is 3.22. The van der Waals surface area contributed by atoms with Crippen molar-refractivity contribution in [1.82, 2.24) is 10.3 Å². The van der Waals surface area contributed by atoms with E-state index < -0.39 is 11.9 Å². The summed E-state index contributed by atoms with van der Waals surface area (Å²) in [6.07, 6.45) is 4.68. The summed E-state index contributed by atoms with van der Waals surface area (Å²) in [5.41, 5.74) is 0.594. The molecule has 7 heteroatoms. The topological polar surface area (TPSA) is 93.5 Å². The third kappa shape index (κ3) is 4.47. The molecule has 1 aromatic carbocycles. The molecular formula is C19H17N3O4. The molecule has 7 nitrogen and oxygen atoms in total. The Morgan fingerprint density at radius 2 is 1.73 bits per heavy atom. The lowest BCUT2D eigenvalue weighted by atomic mass is 10.2. The zero-order chi connectivity index (χ0) is 18.4. The van der Waals surface area contributed by atoms with Crippen molar-refractivity contribution in [3.63, 3.8) is 0 Å². The molecule has 0 aliphatic carbocycles. The molecular weight excluding hydrogens is 334 g/mol. The maximum atomic E-state index is 12.2. The molecule has 0 saturated heterocycles. The second kappa shape index (κ2) is 7.98. The number of hydrogen-bond donors (Lipinski definition) is 2. The van der Waals surface area contributed by atoms with Crippen LogP contribution in [0.2, 0.25) is 0 Å². The fraction of sp³-hybridized carbons (Fsp3) is 0.105. The SMILES string of the molecule is CC(NC(=O)c1ccco1)C(=O)Nc1ccc(Oc2ccncc2)cc1. The van der Waals surface area contributed by atoms with Gasteiger partial charge in [-0.2, -0.15) is 0 Å². The van der Waals surface area contributed by atoms with Crippen LogP contribution in [0, 0.1) is 0 Å². The van der Waals surface area contributed by atoms with Crippen molar-refractivity contribution in [3.8, 4) is 11.5 Å². The number of rotatable bonds is 6. The van der Waals surface area contributed by atoms with E-state index in [0.717, 1.165) is 0 Å². The van der Waals surface area contributed by atoms with Crippen molar-refractivity contribution in [3.05, 3.63) is 72.9 Å². The maximum absolute atomic E-state index is 12.2. The molecule has 3 rings (SSSR count). The first-order chi connectivity index (χ1) is 12.6. The van der Waals surface area contributed by atoms with Crippen LogP contribution in [0.1, 0.15) is 17.5 Å². The van der Waals surface area contributed by atoms with Gasteiger partial charge in [0, 0.05) is 18.1 Å². The quantitative estimate of drug-likeness (QED) is 0.711. The Morgan fingerprint density at radius 1 is 1.04 bits per heavy atom. The molecule has 0 aliphatic rings. The smallest absolute Gasteiger partial charge is 0.287 e. The van der Waals surface area contributed by atoms with Gasteiger partial charge in [-0.05, 0) is 55.5 Å². The van der Waals surface area contributed by atoms with Gasteiger partial charge in [0.15, 0.2) is 5.76 Å². The molecule has 0 aliphatic heterocycles. The highest BCUT2D eigenvalue weighted by Crippen LogP contribution is 2.22. The van der Waals surface area contributed by atoms with Gasteiger partial charge in [0.1, 0.15) is 17.5 Å². The summed E-state index contributed by atoms with van der Waals surface area (Å²) in [5.74, 6) is 0.674. The summed E-state index contributed by atoms with van der Waals surface area (Å²) in [6, 6.07) is 12.8. The molecule has 26 heavy (non-hydrogen) atoms. The van der Waals surface area contributed by atoms with Crippen LogP contribution in [-0.4, -0.2) is 22.8 Å². The molecule has 2 aromatic heterocycles. The van der Waals surface area contributed by atoms with Crippen molar-refractivity contribution in [2.75, 3.05) is 5.32 Å². The van der Waals surface area contributed by atoms with Gasteiger partial charge in [0.2, 0.25) is 5.91 Å². The minimum Gasteiger partial charge on any atom is -0.459 e. The van der Waals surface area contributed by atoms with E-state index in [4.69, 9.17) is 9.15 Å². The number of nitrogens with zero attached hydrogens (tertiary/aromatic N) is 1. The molecule has 1 unspecified atom stereocenters. The highest BCUT2D eigenvalue weighted by Gasteiger charge is 2.18. The van der Waals surface area contributed by atoms with E-state index in [2.05, 4.69) is 15.6 Å². The number of benzene rings is 1. The van der Waals surface area contributed by atoms with E-state index in [-0.39, 0.29) is 11.7 Å². The van der Waals surface area contributed by atoms with Crippen molar-refractivity contribution < 1.29 is 18.7 Å². The molecule has 1 atom stereocenters. The summed E-state index contributed by atoms with van der Waals surface area (Å²) in [4.78, 5) is 28.0. The minimum absolute atomic E-state index is 0.155. The van der Waals surface area contributed by atoms with Crippen LogP contribution in [0.3, 0.4) is 0 Å².